The Bertz CT molecular complexity index is 2550. The molecule has 3 N–H and O–H groups in total. The first-order chi connectivity index (χ1) is 24.6. The van der Waals surface area contributed by atoms with E-state index in [1.54, 1.807) is 0 Å². The fraction of sp³-hybridized carbons (Fsp3) is 0. The summed E-state index contributed by atoms with van der Waals surface area (Å²) in [6.45, 7) is 4.37. The number of benzene rings is 8. The molecule has 3 heteroatoms. The Balaban J connectivity index is 1.10. The summed E-state index contributed by atoms with van der Waals surface area (Å²) in [6.07, 6.45) is 1.87. The van der Waals surface area contributed by atoms with Crippen molar-refractivity contribution in [1.29, 1.82) is 0 Å². The Kier molecular flexibility index (Phi) is 8.22. The second-order valence-electron chi connectivity index (χ2n) is 12.4. The Morgan fingerprint density at radius 3 is 1.52 bits per heavy atom. The molecule has 0 atom stereocenters. The maximum atomic E-state index is 6.42. The summed E-state index contributed by atoms with van der Waals surface area (Å²) in [5, 5.41) is 11.1. The van der Waals surface area contributed by atoms with Crippen molar-refractivity contribution < 1.29 is 0 Å². The lowest BCUT2D eigenvalue weighted by molar-refractivity contribution is 1.21. The molecule has 0 aromatic heterocycles. The van der Waals surface area contributed by atoms with Gasteiger partial charge >= 0.3 is 0 Å². The topological polar surface area (TPSA) is 50.4 Å². The first-order valence-electron chi connectivity index (χ1n) is 16.8. The maximum absolute atomic E-state index is 6.42. The molecule has 0 saturated heterocycles. The largest absolute Gasteiger partial charge is 0.383 e. The molecular weight excluding hydrogens is 607 g/mol. The van der Waals surface area contributed by atoms with Crippen molar-refractivity contribution in [3.8, 4) is 22.3 Å². The van der Waals surface area contributed by atoms with Crippen LogP contribution in [0.1, 0.15) is 16.7 Å². The number of rotatable bonds is 8. The number of hydrogen-bond donors (Lipinski definition) is 2. The molecule has 0 aliphatic carbocycles. The predicted molar refractivity (Wildman–Crippen MR) is 214 cm³/mol. The third-order valence-corrected chi connectivity index (χ3v) is 9.25. The molecule has 0 saturated carbocycles. The van der Waals surface area contributed by atoms with Crippen LogP contribution in [0.5, 0.6) is 0 Å². The van der Waals surface area contributed by atoms with Crippen LogP contribution in [-0.2, 0) is 0 Å². The standard InChI is InChI=1S/C47H35N3/c1-32(49-31-46(33-14-4-2-5-15-33)50-47(48)34-16-6-3-7-17-34)35-18-12-19-36(28-35)37-20-13-21-38(29-37)39-26-27-44-42-24-9-8-22-40(42)41-23-10-11-25-43(41)45(44)30-39/h2-31,49H,1H2,(H2,48,50)/b46-31-. The molecule has 8 rings (SSSR count). The Morgan fingerprint density at radius 1 is 0.440 bits per heavy atom. The van der Waals surface area contributed by atoms with Gasteiger partial charge < -0.3 is 11.1 Å². The molecule has 0 amide bonds. The predicted octanol–water partition coefficient (Wildman–Crippen LogP) is 11.4. The maximum Gasteiger partial charge on any atom is 0.131 e. The molecule has 3 nitrogen and oxygen atoms in total. The Hall–Kier alpha value is -6.71. The highest BCUT2D eigenvalue weighted by Gasteiger charge is 2.11. The fourth-order valence-electron chi connectivity index (χ4n) is 6.68. The Morgan fingerprint density at radius 2 is 0.900 bits per heavy atom. The van der Waals surface area contributed by atoms with Gasteiger partial charge in [0.25, 0.3) is 0 Å². The first kappa shape index (κ1) is 30.6. The van der Waals surface area contributed by atoms with Gasteiger partial charge in [-0.15, -0.1) is 0 Å². The third-order valence-electron chi connectivity index (χ3n) is 9.25. The zero-order valence-electron chi connectivity index (χ0n) is 27.6. The minimum Gasteiger partial charge on any atom is -0.383 e. The van der Waals surface area contributed by atoms with Gasteiger partial charge in [-0.3, -0.25) is 0 Å². The van der Waals surface area contributed by atoms with Gasteiger partial charge in [0.1, 0.15) is 5.84 Å². The molecule has 238 valence electrons. The highest BCUT2D eigenvalue weighted by atomic mass is 14.9. The normalized spacial score (nSPS) is 12.0. The van der Waals surface area contributed by atoms with Crippen LogP contribution in [0.25, 0.3) is 66.0 Å². The summed E-state index contributed by atoms with van der Waals surface area (Å²) in [6, 6.07) is 61.3. The van der Waals surface area contributed by atoms with E-state index in [0.717, 1.165) is 33.5 Å². The van der Waals surface area contributed by atoms with Gasteiger partial charge in [-0.05, 0) is 78.3 Å². The van der Waals surface area contributed by atoms with Gasteiger partial charge in [-0.1, -0.05) is 164 Å². The van der Waals surface area contributed by atoms with Crippen molar-refractivity contribution >= 4 is 49.5 Å². The molecule has 0 unspecified atom stereocenters. The van der Waals surface area contributed by atoms with Gasteiger partial charge in [0.05, 0.1) is 5.70 Å². The van der Waals surface area contributed by atoms with E-state index in [4.69, 9.17) is 10.7 Å². The number of amidine groups is 1. The third kappa shape index (κ3) is 6.05. The van der Waals surface area contributed by atoms with Crippen LogP contribution < -0.4 is 11.1 Å². The number of fused-ring (bicyclic) bond motifs is 6. The van der Waals surface area contributed by atoms with Gasteiger partial charge in [-0.2, -0.15) is 0 Å². The van der Waals surface area contributed by atoms with Crippen LogP contribution in [0, 0.1) is 0 Å². The van der Waals surface area contributed by atoms with Crippen LogP contribution in [0.15, 0.2) is 194 Å². The van der Waals surface area contributed by atoms with E-state index in [-0.39, 0.29) is 0 Å². The zero-order valence-corrected chi connectivity index (χ0v) is 27.6. The molecule has 0 heterocycles. The summed E-state index contributed by atoms with van der Waals surface area (Å²) in [5.41, 5.74) is 15.3. The van der Waals surface area contributed by atoms with Crippen LogP contribution >= 0.6 is 0 Å². The molecule has 0 aliphatic rings. The molecule has 8 aromatic carbocycles. The number of nitrogens with two attached hydrogens (primary N) is 1. The van der Waals surface area contributed by atoms with E-state index in [2.05, 4.69) is 127 Å². The molecule has 0 aliphatic heterocycles. The lowest BCUT2D eigenvalue weighted by Gasteiger charge is -2.13. The smallest absolute Gasteiger partial charge is 0.131 e. The number of hydrogen-bond acceptors (Lipinski definition) is 2. The average Bonchev–Trinajstić information content (AvgIpc) is 3.20. The lowest BCUT2D eigenvalue weighted by Crippen LogP contribution is -2.14. The first-order valence-corrected chi connectivity index (χ1v) is 16.8. The quantitative estimate of drug-likeness (QED) is 0.0985. The van der Waals surface area contributed by atoms with E-state index in [1.807, 2.05) is 66.9 Å². The van der Waals surface area contributed by atoms with Crippen LogP contribution in [0.3, 0.4) is 0 Å². The van der Waals surface area contributed by atoms with E-state index < -0.39 is 0 Å². The average molecular weight is 642 g/mol. The second-order valence-corrected chi connectivity index (χ2v) is 12.4. The zero-order chi connectivity index (χ0) is 33.9. The van der Waals surface area contributed by atoms with E-state index in [9.17, 15) is 0 Å². The highest BCUT2D eigenvalue weighted by molar-refractivity contribution is 6.25. The summed E-state index contributed by atoms with van der Waals surface area (Å²) in [7, 11) is 0. The van der Waals surface area contributed by atoms with Crippen molar-refractivity contribution in [2.24, 2.45) is 10.7 Å². The van der Waals surface area contributed by atoms with Crippen molar-refractivity contribution in [2.45, 2.75) is 0 Å². The van der Waals surface area contributed by atoms with E-state index in [0.29, 0.717) is 11.5 Å². The summed E-state index contributed by atoms with van der Waals surface area (Å²) >= 11 is 0. The number of nitrogens with zero attached hydrogens (tertiary/aromatic N) is 1. The van der Waals surface area contributed by atoms with Crippen LogP contribution in [0.4, 0.5) is 0 Å². The molecular formula is C47H35N3. The van der Waals surface area contributed by atoms with Crippen molar-refractivity contribution in [3.63, 3.8) is 0 Å². The van der Waals surface area contributed by atoms with Gasteiger partial charge in [-0.25, -0.2) is 4.99 Å². The van der Waals surface area contributed by atoms with Gasteiger partial charge in [0.2, 0.25) is 0 Å². The Labute approximate surface area is 292 Å². The van der Waals surface area contributed by atoms with E-state index in [1.165, 1.54) is 43.4 Å². The number of nitrogens with one attached hydrogen (secondary N) is 1. The molecule has 0 radical (unpaired) electrons. The van der Waals surface area contributed by atoms with E-state index >= 15 is 0 Å². The summed E-state index contributed by atoms with van der Waals surface area (Å²) < 4.78 is 0. The molecule has 8 aromatic rings. The summed E-state index contributed by atoms with van der Waals surface area (Å²) in [4.78, 5) is 4.79. The fourth-order valence-corrected chi connectivity index (χ4v) is 6.68. The molecule has 0 bridgehead atoms. The minimum absolute atomic E-state index is 0.447. The lowest BCUT2D eigenvalue weighted by atomic mass is 9.91. The minimum atomic E-state index is 0.447. The van der Waals surface area contributed by atoms with Crippen LogP contribution in [0.2, 0.25) is 0 Å². The van der Waals surface area contributed by atoms with Gasteiger partial charge in [0.15, 0.2) is 0 Å². The second kappa shape index (κ2) is 13.4. The molecule has 0 fully saturated rings. The summed E-state index contributed by atoms with van der Waals surface area (Å²) in [5.74, 6) is 0.447. The van der Waals surface area contributed by atoms with Crippen molar-refractivity contribution in [1.82, 2.24) is 5.32 Å². The van der Waals surface area contributed by atoms with Crippen molar-refractivity contribution in [2.75, 3.05) is 0 Å². The monoisotopic (exact) mass is 641 g/mol. The number of aliphatic imine (C=N–C) groups is 1. The van der Waals surface area contributed by atoms with Crippen molar-refractivity contribution in [3.05, 3.63) is 205 Å². The molecule has 50 heavy (non-hydrogen) atoms. The SMILES string of the molecule is C=C(N/C=C(\N=C(N)c1ccccc1)c1ccccc1)c1cccc(-c2cccc(-c3ccc4c5ccccc5c5ccccc5c4c3)c2)c1. The van der Waals surface area contributed by atoms with Gasteiger partial charge in [0, 0.05) is 23.0 Å². The molecule has 0 spiro atoms. The highest BCUT2D eigenvalue weighted by Crippen LogP contribution is 2.37. The van der Waals surface area contributed by atoms with Crippen LogP contribution in [-0.4, -0.2) is 5.84 Å².